The Kier molecular flexibility index (Phi) is 4.48. The number of carbonyl (C=O) groups is 1. The van der Waals surface area contributed by atoms with E-state index in [9.17, 15) is 23.1 Å². The number of nitrogens with zero attached hydrogens (tertiary/aromatic N) is 3. The number of likely N-dealkylation sites (tertiary alicyclic amines) is 1. The molecule has 1 amide bonds. The molecular weight excluding hydrogens is 303 g/mol. The van der Waals surface area contributed by atoms with Gasteiger partial charge in [-0.1, -0.05) is 0 Å². The summed E-state index contributed by atoms with van der Waals surface area (Å²) in [5.74, 6) is -0.835. The molecule has 0 bridgehead atoms. The lowest BCUT2D eigenvalue weighted by Gasteiger charge is -2.38. The summed E-state index contributed by atoms with van der Waals surface area (Å²) in [5.41, 5.74) is -3.22. The summed E-state index contributed by atoms with van der Waals surface area (Å²) >= 11 is 0. The number of halogens is 3. The van der Waals surface area contributed by atoms with Crippen molar-refractivity contribution in [3.63, 3.8) is 0 Å². The number of aromatic nitrogens is 2. The molecule has 0 aromatic carbocycles. The minimum Gasteiger partial charge on any atom is -0.393 e. The van der Waals surface area contributed by atoms with Crippen LogP contribution >= 0.6 is 0 Å². The van der Waals surface area contributed by atoms with E-state index in [0.29, 0.717) is 12.8 Å². The van der Waals surface area contributed by atoms with Crippen molar-refractivity contribution in [2.24, 2.45) is 0 Å². The SMILES string of the molecule is CCn1cc(C(=O)N2CCCC(O)(CO)C2)c(C(F)(F)F)n1. The van der Waals surface area contributed by atoms with Crippen LogP contribution in [0, 0.1) is 0 Å². The molecule has 1 aliphatic rings. The van der Waals surface area contributed by atoms with Crippen LogP contribution in [0.4, 0.5) is 13.2 Å². The van der Waals surface area contributed by atoms with Crippen molar-refractivity contribution in [3.8, 4) is 0 Å². The van der Waals surface area contributed by atoms with Gasteiger partial charge in [0.1, 0.15) is 5.60 Å². The lowest BCUT2D eigenvalue weighted by Crippen LogP contribution is -2.52. The Hall–Kier alpha value is -1.61. The number of aliphatic hydroxyl groups excluding tert-OH is 1. The molecule has 1 fully saturated rings. The Balaban J connectivity index is 2.31. The van der Waals surface area contributed by atoms with Crippen molar-refractivity contribution in [1.29, 1.82) is 0 Å². The van der Waals surface area contributed by atoms with Gasteiger partial charge in [0.25, 0.3) is 5.91 Å². The van der Waals surface area contributed by atoms with Crippen LogP contribution in [0.3, 0.4) is 0 Å². The topological polar surface area (TPSA) is 78.6 Å². The van der Waals surface area contributed by atoms with Gasteiger partial charge < -0.3 is 15.1 Å². The van der Waals surface area contributed by atoms with Gasteiger partial charge in [0, 0.05) is 19.3 Å². The van der Waals surface area contributed by atoms with Gasteiger partial charge in [-0.3, -0.25) is 9.48 Å². The van der Waals surface area contributed by atoms with Crippen LogP contribution in [0.25, 0.3) is 0 Å². The summed E-state index contributed by atoms with van der Waals surface area (Å²) in [5, 5.41) is 22.6. The number of aryl methyl sites for hydroxylation is 1. The Morgan fingerprint density at radius 3 is 2.73 bits per heavy atom. The van der Waals surface area contributed by atoms with Crippen molar-refractivity contribution in [1.82, 2.24) is 14.7 Å². The highest BCUT2D eigenvalue weighted by atomic mass is 19.4. The van der Waals surface area contributed by atoms with E-state index in [1.807, 2.05) is 0 Å². The van der Waals surface area contributed by atoms with Crippen LogP contribution in [-0.2, 0) is 12.7 Å². The van der Waals surface area contributed by atoms with Gasteiger partial charge in [0.05, 0.1) is 18.7 Å². The minimum absolute atomic E-state index is 0.197. The maximum atomic E-state index is 13.0. The van der Waals surface area contributed by atoms with E-state index < -0.39 is 35.5 Å². The molecule has 124 valence electrons. The first-order chi connectivity index (χ1) is 10.2. The van der Waals surface area contributed by atoms with E-state index >= 15 is 0 Å². The number of piperidine rings is 1. The molecule has 22 heavy (non-hydrogen) atoms. The third-order valence-corrected chi connectivity index (χ3v) is 3.72. The summed E-state index contributed by atoms with van der Waals surface area (Å²) in [6.45, 7) is 1.31. The summed E-state index contributed by atoms with van der Waals surface area (Å²) in [4.78, 5) is 13.5. The van der Waals surface area contributed by atoms with Gasteiger partial charge in [0.15, 0.2) is 5.69 Å². The average Bonchev–Trinajstić information content (AvgIpc) is 2.91. The van der Waals surface area contributed by atoms with Crippen molar-refractivity contribution in [2.45, 2.75) is 38.1 Å². The first-order valence-electron chi connectivity index (χ1n) is 6.97. The molecule has 2 N–H and O–H groups in total. The predicted octanol–water partition coefficient (Wildman–Crippen LogP) is 0.881. The standard InChI is InChI=1S/C13H18F3N3O3/c1-2-19-6-9(10(17-19)13(14,15)16)11(21)18-5-3-4-12(22,7-18)8-20/h6,20,22H,2-5,7-8H2,1H3. The molecule has 1 atom stereocenters. The highest BCUT2D eigenvalue weighted by molar-refractivity contribution is 5.95. The molecule has 0 saturated carbocycles. The van der Waals surface area contributed by atoms with Gasteiger partial charge in [-0.15, -0.1) is 0 Å². The monoisotopic (exact) mass is 321 g/mol. The van der Waals surface area contributed by atoms with E-state index in [1.54, 1.807) is 6.92 Å². The number of hydrogen-bond donors (Lipinski definition) is 2. The number of aliphatic hydroxyl groups is 2. The second kappa shape index (κ2) is 5.88. The summed E-state index contributed by atoms with van der Waals surface area (Å²) in [7, 11) is 0. The van der Waals surface area contributed by atoms with Crippen molar-refractivity contribution >= 4 is 5.91 Å². The molecule has 2 heterocycles. The molecule has 1 saturated heterocycles. The van der Waals surface area contributed by atoms with E-state index in [2.05, 4.69) is 5.10 Å². The average molecular weight is 321 g/mol. The zero-order valence-electron chi connectivity index (χ0n) is 12.1. The van der Waals surface area contributed by atoms with Crippen molar-refractivity contribution in [3.05, 3.63) is 17.5 Å². The molecule has 2 rings (SSSR count). The number of β-amino-alcohol motifs (C(OH)–C–C–N with tert-alkyl or cyclic N) is 1. The summed E-state index contributed by atoms with van der Waals surface area (Å²) in [6.07, 6.45) is -2.95. The maximum absolute atomic E-state index is 13.0. The third-order valence-electron chi connectivity index (χ3n) is 3.72. The number of rotatable bonds is 3. The molecule has 1 aromatic heterocycles. The van der Waals surface area contributed by atoms with Gasteiger partial charge in [0.2, 0.25) is 0 Å². The highest BCUT2D eigenvalue weighted by Crippen LogP contribution is 2.32. The molecule has 0 spiro atoms. The van der Waals surface area contributed by atoms with Crippen molar-refractivity contribution in [2.75, 3.05) is 19.7 Å². The number of alkyl halides is 3. The molecule has 1 aromatic rings. The Morgan fingerprint density at radius 1 is 1.50 bits per heavy atom. The van der Waals surface area contributed by atoms with Crippen LogP contribution in [0.2, 0.25) is 0 Å². The fourth-order valence-corrected chi connectivity index (χ4v) is 2.53. The van der Waals surface area contributed by atoms with Crippen LogP contribution in [0.15, 0.2) is 6.20 Å². The van der Waals surface area contributed by atoms with Gasteiger partial charge in [-0.05, 0) is 19.8 Å². The quantitative estimate of drug-likeness (QED) is 0.866. The number of amides is 1. The lowest BCUT2D eigenvalue weighted by molar-refractivity contribution is -0.142. The maximum Gasteiger partial charge on any atom is 0.435 e. The fraction of sp³-hybridized carbons (Fsp3) is 0.692. The molecule has 0 aliphatic carbocycles. The van der Waals surface area contributed by atoms with Crippen LogP contribution < -0.4 is 0 Å². The Morgan fingerprint density at radius 2 is 2.18 bits per heavy atom. The van der Waals surface area contributed by atoms with Gasteiger partial charge in [-0.25, -0.2) is 0 Å². The number of carbonyl (C=O) groups excluding carboxylic acids is 1. The molecule has 1 unspecified atom stereocenters. The van der Waals surface area contributed by atoms with Crippen LogP contribution in [-0.4, -0.2) is 56.1 Å². The molecule has 1 aliphatic heterocycles. The Bertz CT molecular complexity index is 558. The second-order valence-corrected chi connectivity index (χ2v) is 5.46. The van der Waals surface area contributed by atoms with E-state index in [-0.39, 0.29) is 19.6 Å². The molecule has 0 radical (unpaired) electrons. The van der Waals surface area contributed by atoms with E-state index in [0.717, 1.165) is 15.8 Å². The van der Waals surface area contributed by atoms with Crippen LogP contribution in [0.5, 0.6) is 0 Å². The first-order valence-corrected chi connectivity index (χ1v) is 6.97. The second-order valence-electron chi connectivity index (χ2n) is 5.46. The minimum atomic E-state index is -4.73. The zero-order valence-corrected chi connectivity index (χ0v) is 12.1. The normalized spacial score (nSPS) is 22.9. The zero-order chi connectivity index (χ0) is 16.5. The molecular formula is C13H18F3N3O3. The highest BCUT2D eigenvalue weighted by Gasteiger charge is 2.42. The van der Waals surface area contributed by atoms with Crippen LogP contribution in [0.1, 0.15) is 35.8 Å². The number of hydrogen-bond acceptors (Lipinski definition) is 4. The third kappa shape index (κ3) is 3.25. The van der Waals surface area contributed by atoms with E-state index in [4.69, 9.17) is 5.11 Å². The molecule has 9 heteroatoms. The smallest absolute Gasteiger partial charge is 0.393 e. The fourth-order valence-electron chi connectivity index (χ4n) is 2.53. The van der Waals surface area contributed by atoms with Crippen molar-refractivity contribution < 1.29 is 28.2 Å². The van der Waals surface area contributed by atoms with E-state index in [1.165, 1.54) is 0 Å². The predicted molar refractivity (Wildman–Crippen MR) is 70.1 cm³/mol. The van der Waals surface area contributed by atoms with Gasteiger partial charge in [-0.2, -0.15) is 18.3 Å². The first kappa shape index (κ1) is 16.8. The summed E-state index contributed by atoms with van der Waals surface area (Å²) in [6, 6.07) is 0. The van der Waals surface area contributed by atoms with Gasteiger partial charge >= 0.3 is 6.18 Å². The lowest BCUT2D eigenvalue weighted by atomic mass is 9.93. The Labute approximate surface area is 125 Å². The summed E-state index contributed by atoms with van der Waals surface area (Å²) < 4.78 is 40.1. The molecule has 6 nitrogen and oxygen atoms in total. The largest absolute Gasteiger partial charge is 0.435 e.